The number of ether oxygens (including phenoxy) is 2. The molecule has 0 saturated carbocycles. The van der Waals surface area contributed by atoms with Gasteiger partial charge in [-0.05, 0) is 61.9 Å². The number of hydrogen-bond donors (Lipinski definition) is 1. The molecular weight excluding hydrogens is 362 g/mol. The number of nitrogens with one attached hydrogen (secondary N) is 1. The van der Waals surface area contributed by atoms with Gasteiger partial charge in [0, 0.05) is 10.4 Å². The number of amides is 1. The number of fused-ring (bicyclic) bond motifs is 1. The van der Waals surface area contributed by atoms with E-state index in [1.807, 2.05) is 6.92 Å². The van der Waals surface area contributed by atoms with Crippen molar-refractivity contribution in [3.8, 4) is 5.75 Å². The minimum Gasteiger partial charge on any atom is -0.494 e. The third kappa shape index (κ3) is 4.16. The monoisotopic (exact) mass is 387 g/mol. The lowest BCUT2D eigenvalue weighted by Crippen LogP contribution is -2.16. The standard InChI is InChI=1S/C21H25NO4S/c1-4-13-6-11-16-17(12-13)27-20(18(16)21(24)25-3)22-19(23)14-7-9-15(10-8-14)26-5-2/h7-10,13H,4-6,11-12H2,1-3H3,(H,22,23). The molecule has 0 radical (unpaired) electrons. The van der Waals surface area contributed by atoms with Crippen LogP contribution in [0.15, 0.2) is 24.3 Å². The Morgan fingerprint density at radius 2 is 1.96 bits per heavy atom. The fraction of sp³-hybridized carbons (Fsp3) is 0.429. The number of anilines is 1. The maximum absolute atomic E-state index is 12.7. The molecule has 27 heavy (non-hydrogen) atoms. The third-order valence-electron chi connectivity index (χ3n) is 4.99. The molecule has 3 rings (SSSR count). The highest BCUT2D eigenvalue weighted by Gasteiger charge is 2.29. The minimum atomic E-state index is -0.385. The molecule has 1 aliphatic carbocycles. The van der Waals surface area contributed by atoms with Gasteiger partial charge >= 0.3 is 5.97 Å². The summed E-state index contributed by atoms with van der Waals surface area (Å²) in [6, 6.07) is 6.98. The van der Waals surface area contributed by atoms with Crippen LogP contribution in [0, 0.1) is 5.92 Å². The number of benzene rings is 1. The van der Waals surface area contributed by atoms with Crippen LogP contribution in [0.5, 0.6) is 5.75 Å². The fourth-order valence-electron chi connectivity index (χ4n) is 3.45. The van der Waals surface area contributed by atoms with Crippen molar-refractivity contribution in [1.82, 2.24) is 0 Å². The first kappa shape index (κ1) is 19.4. The number of carbonyl (C=O) groups is 2. The van der Waals surface area contributed by atoms with E-state index < -0.39 is 0 Å². The second-order valence-electron chi connectivity index (χ2n) is 6.63. The Morgan fingerprint density at radius 3 is 2.59 bits per heavy atom. The van der Waals surface area contributed by atoms with Crippen molar-refractivity contribution in [2.24, 2.45) is 5.92 Å². The quantitative estimate of drug-likeness (QED) is 0.730. The molecule has 1 aromatic carbocycles. The molecule has 0 fully saturated rings. The Hall–Kier alpha value is -2.34. The Balaban J connectivity index is 1.86. The molecule has 1 aromatic heterocycles. The molecule has 1 atom stereocenters. The van der Waals surface area contributed by atoms with Crippen molar-refractivity contribution in [2.45, 2.75) is 39.5 Å². The molecule has 0 aliphatic heterocycles. The lowest BCUT2D eigenvalue weighted by atomic mass is 9.85. The zero-order valence-electron chi connectivity index (χ0n) is 16.0. The molecule has 0 spiro atoms. The Kier molecular flexibility index (Phi) is 6.16. The molecule has 1 aliphatic rings. The van der Waals surface area contributed by atoms with Crippen LogP contribution in [0.1, 0.15) is 57.8 Å². The predicted molar refractivity (Wildman–Crippen MR) is 107 cm³/mol. The maximum atomic E-state index is 12.7. The van der Waals surface area contributed by atoms with Crippen LogP contribution in [0.2, 0.25) is 0 Å². The zero-order valence-corrected chi connectivity index (χ0v) is 16.8. The average molecular weight is 388 g/mol. The van der Waals surface area contributed by atoms with E-state index in [9.17, 15) is 9.59 Å². The van der Waals surface area contributed by atoms with Crippen LogP contribution < -0.4 is 10.1 Å². The van der Waals surface area contributed by atoms with E-state index in [1.54, 1.807) is 24.3 Å². The highest BCUT2D eigenvalue weighted by atomic mass is 32.1. The Labute approximate surface area is 163 Å². The molecular formula is C21H25NO4S. The highest BCUT2D eigenvalue weighted by molar-refractivity contribution is 7.17. The van der Waals surface area contributed by atoms with Crippen LogP contribution in [0.25, 0.3) is 0 Å². The van der Waals surface area contributed by atoms with Gasteiger partial charge in [0.1, 0.15) is 10.8 Å². The summed E-state index contributed by atoms with van der Waals surface area (Å²) in [5.41, 5.74) is 2.08. The molecule has 1 heterocycles. The minimum absolute atomic E-state index is 0.242. The van der Waals surface area contributed by atoms with E-state index in [0.29, 0.717) is 28.7 Å². The molecule has 1 unspecified atom stereocenters. The second-order valence-corrected chi connectivity index (χ2v) is 7.73. The van der Waals surface area contributed by atoms with E-state index in [4.69, 9.17) is 9.47 Å². The molecule has 6 heteroatoms. The zero-order chi connectivity index (χ0) is 19.4. The summed E-state index contributed by atoms with van der Waals surface area (Å²) in [7, 11) is 1.38. The number of carbonyl (C=O) groups excluding carboxylic acids is 2. The maximum Gasteiger partial charge on any atom is 0.341 e. The predicted octanol–water partition coefficient (Wildman–Crippen LogP) is 4.70. The molecule has 1 amide bonds. The summed E-state index contributed by atoms with van der Waals surface area (Å²) in [6.07, 6.45) is 4.00. The van der Waals surface area contributed by atoms with Gasteiger partial charge in [0.25, 0.3) is 5.91 Å². The van der Waals surface area contributed by atoms with Gasteiger partial charge in [-0.1, -0.05) is 13.3 Å². The largest absolute Gasteiger partial charge is 0.494 e. The summed E-state index contributed by atoms with van der Waals surface area (Å²) in [6.45, 7) is 4.68. The third-order valence-corrected chi connectivity index (χ3v) is 6.16. The molecule has 144 valence electrons. The number of methoxy groups -OCH3 is 1. The molecule has 2 aromatic rings. The fourth-order valence-corrected chi connectivity index (χ4v) is 4.80. The van der Waals surface area contributed by atoms with Gasteiger partial charge < -0.3 is 14.8 Å². The SMILES string of the molecule is CCOc1ccc(C(=O)Nc2sc3c(c2C(=O)OC)CCC(CC)C3)cc1. The van der Waals surface area contributed by atoms with Gasteiger partial charge in [0.15, 0.2) is 0 Å². The van der Waals surface area contributed by atoms with Crippen molar-refractivity contribution >= 4 is 28.2 Å². The van der Waals surface area contributed by atoms with Crippen LogP contribution in [0.3, 0.4) is 0 Å². The summed E-state index contributed by atoms with van der Waals surface area (Å²) in [4.78, 5) is 26.2. The summed E-state index contributed by atoms with van der Waals surface area (Å²) in [5.74, 6) is 0.732. The van der Waals surface area contributed by atoms with Gasteiger partial charge in [0.05, 0.1) is 19.3 Å². The van der Waals surface area contributed by atoms with Crippen LogP contribution in [-0.4, -0.2) is 25.6 Å². The van der Waals surface area contributed by atoms with Crippen LogP contribution >= 0.6 is 11.3 Å². The topological polar surface area (TPSA) is 64.6 Å². The van der Waals surface area contributed by atoms with Crippen molar-refractivity contribution in [3.63, 3.8) is 0 Å². The van der Waals surface area contributed by atoms with Crippen LogP contribution in [0.4, 0.5) is 5.00 Å². The van der Waals surface area contributed by atoms with Crippen molar-refractivity contribution in [2.75, 3.05) is 19.0 Å². The van der Waals surface area contributed by atoms with Gasteiger partial charge in [-0.15, -0.1) is 11.3 Å². The van der Waals surface area contributed by atoms with E-state index in [0.717, 1.165) is 37.0 Å². The molecule has 5 nitrogen and oxygen atoms in total. The molecule has 0 bridgehead atoms. The van der Waals surface area contributed by atoms with Crippen molar-refractivity contribution in [1.29, 1.82) is 0 Å². The normalized spacial score (nSPS) is 15.7. The Morgan fingerprint density at radius 1 is 1.22 bits per heavy atom. The number of rotatable bonds is 6. The number of thiophene rings is 1. The number of hydrogen-bond acceptors (Lipinski definition) is 5. The highest BCUT2D eigenvalue weighted by Crippen LogP contribution is 2.41. The van der Waals surface area contributed by atoms with E-state index >= 15 is 0 Å². The lowest BCUT2D eigenvalue weighted by Gasteiger charge is -2.20. The summed E-state index contributed by atoms with van der Waals surface area (Å²) in [5, 5.41) is 3.51. The molecule has 1 N–H and O–H groups in total. The summed E-state index contributed by atoms with van der Waals surface area (Å²) >= 11 is 1.50. The number of esters is 1. The van der Waals surface area contributed by atoms with Crippen LogP contribution in [-0.2, 0) is 17.6 Å². The van der Waals surface area contributed by atoms with E-state index in [-0.39, 0.29) is 11.9 Å². The first-order chi connectivity index (χ1) is 13.1. The van der Waals surface area contributed by atoms with E-state index in [1.165, 1.54) is 23.3 Å². The molecule has 0 saturated heterocycles. The van der Waals surface area contributed by atoms with Crippen molar-refractivity contribution < 1.29 is 19.1 Å². The van der Waals surface area contributed by atoms with Gasteiger partial charge in [-0.3, -0.25) is 4.79 Å². The summed E-state index contributed by atoms with van der Waals surface area (Å²) < 4.78 is 10.4. The smallest absolute Gasteiger partial charge is 0.341 e. The first-order valence-electron chi connectivity index (χ1n) is 9.34. The Bertz CT molecular complexity index is 825. The first-order valence-corrected chi connectivity index (χ1v) is 10.2. The van der Waals surface area contributed by atoms with Gasteiger partial charge in [0.2, 0.25) is 0 Å². The second kappa shape index (κ2) is 8.57. The van der Waals surface area contributed by atoms with E-state index in [2.05, 4.69) is 12.2 Å². The van der Waals surface area contributed by atoms with Gasteiger partial charge in [-0.25, -0.2) is 4.79 Å². The van der Waals surface area contributed by atoms with Gasteiger partial charge in [-0.2, -0.15) is 0 Å². The van der Waals surface area contributed by atoms with Crippen molar-refractivity contribution in [3.05, 3.63) is 45.8 Å². The average Bonchev–Trinajstić information content (AvgIpc) is 3.04. The lowest BCUT2D eigenvalue weighted by molar-refractivity contribution is 0.0601.